The first-order valence-corrected chi connectivity index (χ1v) is 7.54. The highest BCUT2D eigenvalue weighted by Gasteiger charge is 2.05. The predicted octanol–water partition coefficient (Wildman–Crippen LogP) is 2.83. The molecule has 1 aromatic heterocycles. The van der Waals surface area contributed by atoms with Gasteiger partial charge in [0, 0.05) is 51.3 Å². The zero-order valence-corrected chi connectivity index (χ0v) is 13.5. The zero-order valence-electron chi connectivity index (χ0n) is 13.5. The molecule has 4 heteroatoms. The molecule has 0 aliphatic carbocycles. The molecule has 1 atom stereocenters. The smallest absolute Gasteiger partial charge is 0.0489 e. The van der Waals surface area contributed by atoms with Gasteiger partial charge in [-0.15, -0.1) is 0 Å². The highest BCUT2D eigenvalue weighted by atomic mass is 15.3. The molecule has 0 aliphatic heterocycles. The van der Waals surface area contributed by atoms with Crippen LogP contribution in [0.5, 0.6) is 0 Å². The van der Waals surface area contributed by atoms with Gasteiger partial charge in [0.15, 0.2) is 0 Å². The van der Waals surface area contributed by atoms with Crippen LogP contribution >= 0.6 is 0 Å². The van der Waals surface area contributed by atoms with E-state index in [1.165, 1.54) is 16.8 Å². The monoisotopic (exact) mass is 286 g/mol. The topological polar surface area (TPSA) is 33.1 Å². The Morgan fingerprint density at radius 3 is 2.76 bits per heavy atom. The number of nitrogens with one attached hydrogen (secondary N) is 1. The first kappa shape index (κ1) is 15.6. The van der Waals surface area contributed by atoms with Crippen LogP contribution in [0, 0.1) is 6.92 Å². The van der Waals surface area contributed by atoms with E-state index >= 15 is 0 Å². The number of aryl methyl sites for hydroxylation is 2. The lowest BCUT2D eigenvalue weighted by atomic mass is 10.1. The lowest BCUT2D eigenvalue weighted by Gasteiger charge is -2.17. The molecule has 114 valence electrons. The number of aromatic nitrogens is 2. The number of hydrogen-bond acceptors (Lipinski definition) is 3. The van der Waals surface area contributed by atoms with E-state index in [1.54, 1.807) is 0 Å². The van der Waals surface area contributed by atoms with Crippen molar-refractivity contribution in [3.05, 3.63) is 47.8 Å². The molecular weight excluding hydrogens is 260 g/mol. The molecule has 1 N–H and O–H groups in total. The van der Waals surface area contributed by atoms with Gasteiger partial charge in [0.1, 0.15) is 0 Å². The Morgan fingerprint density at radius 2 is 2.14 bits per heavy atom. The summed E-state index contributed by atoms with van der Waals surface area (Å²) < 4.78 is 1.98. The summed E-state index contributed by atoms with van der Waals surface area (Å²) in [6.07, 6.45) is 4.92. The highest BCUT2D eigenvalue weighted by molar-refractivity contribution is 5.49. The van der Waals surface area contributed by atoms with Crippen molar-refractivity contribution in [3.8, 4) is 0 Å². The molecule has 0 saturated carbocycles. The Morgan fingerprint density at radius 1 is 1.33 bits per heavy atom. The van der Waals surface area contributed by atoms with Crippen LogP contribution in [0.3, 0.4) is 0 Å². The third-order valence-corrected chi connectivity index (χ3v) is 3.83. The second-order valence-electron chi connectivity index (χ2n) is 5.84. The van der Waals surface area contributed by atoms with Gasteiger partial charge in [-0.2, -0.15) is 5.10 Å². The van der Waals surface area contributed by atoms with Crippen LogP contribution in [0.25, 0.3) is 0 Å². The summed E-state index contributed by atoms with van der Waals surface area (Å²) in [6.45, 7) is 6.28. The Kier molecular flexibility index (Phi) is 5.39. The van der Waals surface area contributed by atoms with E-state index in [1.807, 2.05) is 23.1 Å². The molecule has 0 saturated heterocycles. The van der Waals surface area contributed by atoms with Gasteiger partial charge in [0.05, 0.1) is 0 Å². The number of benzene rings is 1. The maximum absolute atomic E-state index is 4.23. The van der Waals surface area contributed by atoms with Gasteiger partial charge in [0.25, 0.3) is 0 Å². The summed E-state index contributed by atoms with van der Waals surface area (Å²) in [5, 5.41) is 7.83. The van der Waals surface area contributed by atoms with Gasteiger partial charge < -0.3 is 10.2 Å². The van der Waals surface area contributed by atoms with E-state index in [-0.39, 0.29) is 0 Å². The normalized spacial score (nSPS) is 12.4. The summed E-state index contributed by atoms with van der Waals surface area (Å²) in [5.74, 6) is 0. The summed E-state index contributed by atoms with van der Waals surface area (Å²) >= 11 is 0. The van der Waals surface area contributed by atoms with Crippen LogP contribution in [-0.4, -0.2) is 29.9 Å². The van der Waals surface area contributed by atoms with E-state index < -0.39 is 0 Å². The molecule has 0 aliphatic rings. The molecule has 0 fully saturated rings. The van der Waals surface area contributed by atoms with Crippen molar-refractivity contribution in [3.63, 3.8) is 0 Å². The zero-order chi connectivity index (χ0) is 15.2. The van der Waals surface area contributed by atoms with E-state index in [9.17, 15) is 0 Å². The molecule has 2 aromatic rings. The van der Waals surface area contributed by atoms with E-state index in [4.69, 9.17) is 0 Å². The summed E-state index contributed by atoms with van der Waals surface area (Å²) in [4.78, 5) is 2.14. The van der Waals surface area contributed by atoms with Crippen molar-refractivity contribution in [1.82, 2.24) is 15.1 Å². The molecule has 0 unspecified atom stereocenters. The first-order valence-electron chi connectivity index (χ1n) is 7.54. The fraction of sp³-hybridized carbons (Fsp3) is 0.471. The highest BCUT2D eigenvalue weighted by Crippen LogP contribution is 2.17. The molecule has 1 heterocycles. The van der Waals surface area contributed by atoms with Gasteiger partial charge in [-0.25, -0.2) is 0 Å². The number of anilines is 1. The second kappa shape index (κ2) is 7.27. The number of rotatable bonds is 7. The van der Waals surface area contributed by atoms with Crippen LogP contribution in [0.4, 0.5) is 5.69 Å². The lowest BCUT2D eigenvalue weighted by Crippen LogP contribution is -2.27. The molecule has 0 bridgehead atoms. The minimum atomic E-state index is 0.474. The molecule has 4 nitrogen and oxygen atoms in total. The summed E-state index contributed by atoms with van der Waals surface area (Å²) in [7, 11) is 4.15. The van der Waals surface area contributed by atoms with E-state index in [2.05, 4.69) is 61.5 Å². The molecule has 0 radical (unpaired) electrons. The maximum Gasteiger partial charge on any atom is 0.0489 e. The molecule has 21 heavy (non-hydrogen) atoms. The standard InChI is InChI=1S/C17H26N4/c1-14-12-17(20(3)4)7-6-16(14)13-18-15(2)8-11-21-10-5-9-19-21/h5-7,9-10,12,15,18H,8,11,13H2,1-4H3/t15-/m1/s1. The van der Waals surface area contributed by atoms with Gasteiger partial charge in [-0.05, 0) is 49.6 Å². The van der Waals surface area contributed by atoms with E-state index in [0.29, 0.717) is 6.04 Å². The van der Waals surface area contributed by atoms with Gasteiger partial charge in [-0.3, -0.25) is 4.68 Å². The predicted molar refractivity (Wildman–Crippen MR) is 88.7 cm³/mol. The first-order chi connectivity index (χ1) is 10.1. The Bertz CT molecular complexity index is 546. The van der Waals surface area contributed by atoms with Crippen molar-refractivity contribution < 1.29 is 0 Å². The van der Waals surface area contributed by atoms with Crippen LogP contribution in [0.1, 0.15) is 24.5 Å². The van der Waals surface area contributed by atoms with Crippen molar-refractivity contribution >= 4 is 5.69 Å². The molecule has 1 aromatic carbocycles. The van der Waals surface area contributed by atoms with Crippen LogP contribution in [0.2, 0.25) is 0 Å². The van der Waals surface area contributed by atoms with Crippen LogP contribution in [-0.2, 0) is 13.1 Å². The molecule has 0 amide bonds. The third kappa shape index (κ3) is 4.60. The largest absolute Gasteiger partial charge is 0.378 e. The second-order valence-corrected chi connectivity index (χ2v) is 5.84. The number of hydrogen-bond donors (Lipinski definition) is 1. The van der Waals surface area contributed by atoms with Crippen LogP contribution < -0.4 is 10.2 Å². The van der Waals surface area contributed by atoms with Crippen LogP contribution in [0.15, 0.2) is 36.7 Å². The SMILES string of the molecule is Cc1cc(N(C)C)ccc1CN[C@H](C)CCn1cccn1. The number of nitrogens with zero attached hydrogens (tertiary/aromatic N) is 3. The van der Waals surface area contributed by atoms with Gasteiger partial charge >= 0.3 is 0 Å². The van der Waals surface area contributed by atoms with Gasteiger partial charge in [-0.1, -0.05) is 6.07 Å². The fourth-order valence-electron chi connectivity index (χ4n) is 2.30. The maximum atomic E-state index is 4.23. The minimum absolute atomic E-state index is 0.474. The summed E-state index contributed by atoms with van der Waals surface area (Å²) in [6, 6.07) is 9.08. The van der Waals surface area contributed by atoms with E-state index in [0.717, 1.165) is 19.5 Å². The minimum Gasteiger partial charge on any atom is -0.378 e. The lowest BCUT2D eigenvalue weighted by molar-refractivity contribution is 0.457. The quantitative estimate of drug-likeness (QED) is 0.849. The van der Waals surface area contributed by atoms with Crippen molar-refractivity contribution in [2.45, 2.75) is 39.4 Å². The Labute approximate surface area is 127 Å². The van der Waals surface area contributed by atoms with Gasteiger partial charge in [0.2, 0.25) is 0 Å². The molecule has 0 spiro atoms. The Balaban J connectivity index is 1.82. The average Bonchev–Trinajstić information content (AvgIpc) is 2.97. The molecular formula is C17H26N4. The third-order valence-electron chi connectivity index (χ3n) is 3.83. The Hall–Kier alpha value is -1.81. The summed E-state index contributed by atoms with van der Waals surface area (Å²) in [5.41, 5.74) is 3.96. The molecule has 2 rings (SSSR count). The fourth-order valence-corrected chi connectivity index (χ4v) is 2.30. The van der Waals surface area contributed by atoms with Crippen molar-refractivity contribution in [2.75, 3.05) is 19.0 Å². The van der Waals surface area contributed by atoms with Crippen molar-refractivity contribution in [2.24, 2.45) is 0 Å². The van der Waals surface area contributed by atoms with Crippen molar-refractivity contribution in [1.29, 1.82) is 0 Å². The average molecular weight is 286 g/mol.